The molecule has 0 aliphatic carbocycles. The van der Waals surface area contributed by atoms with Gasteiger partial charge in [-0.1, -0.05) is 6.92 Å². The van der Waals surface area contributed by atoms with E-state index in [-0.39, 0.29) is 11.7 Å². The third kappa shape index (κ3) is 2.85. The van der Waals surface area contributed by atoms with Gasteiger partial charge in [-0.2, -0.15) is 0 Å². The Balaban J connectivity index is 2.32. The fourth-order valence-electron chi connectivity index (χ4n) is 2.54. The first-order valence-corrected chi connectivity index (χ1v) is 6.51. The highest BCUT2D eigenvalue weighted by atomic mass is 16.5. The summed E-state index contributed by atoms with van der Waals surface area (Å²) >= 11 is 0. The summed E-state index contributed by atoms with van der Waals surface area (Å²) in [6.45, 7) is 5.29. The van der Waals surface area contributed by atoms with Crippen LogP contribution in [0.25, 0.3) is 0 Å². The second kappa shape index (κ2) is 5.99. The van der Waals surface area contributed by atoms with Gasteiger partial charge in [0.2, 0.25) is 0 Å². The molecule has 4 N–H and O–H groups in total. The number of amides is 1. The fraction of sp³-hybridized carbons (Fsp3) is 0.538. The number of nitrogens with two attached hydrogens (primary N) is 2. The van der Waals surface area contributed by atoms with Crippen molar-refractivity contribution in [3.05, 3.63) is 23.5 Å². The quantitative estimate of drug-likeness (QED) is 0.828. The third-order valence-electron chi connectivity index (χ3n) is 3.49. The third-order valence-corrected chi connectivity index (χ3v) is 3.49. The standard InChI is InChI=1S/C13H20N4O2/c1-2-10(17-5-7-19-8-6-17)9-3-4-16-12(11(9)14)13(15)18/h3-4,10H,2,5-8,14H2,1H3,(H2,15,18). The van der Waals surface area contributed by atoms with Crippen LogP contribution < -0.4 is 11.5 Å². The minimum Gasteiger partial charge on any atom is -0.397 e. The smallest absolute Gasteiger partial charge is 0.269 e. The highest BCUT2D eigenvalue weighted by Crippen LogP contribution is 2.30. The lowest BCUT2D eigenvalue weighted by molar-refractivity contribution is 0.0153. The van der Waals surface area contributed by atoms with E-state index in [0.29, 0.717) is 5.69 Å². The number of rotatable bonds is 4. The van der Waals surface area contributed by atoms with E-state index in [0.717, 1.165) is 38.3 Å². The zero-order valence-electron chi connectivity index (χ0n) is 11.1. The number of hydrogen-bond acceptors (Lipinski definition) is 5. The molecule has 0 saturated carbocycles. The molecule has 0 radical (unpaired) electrons. The second-order valence-corrected chi connectivity index (χ2v) is 4.60. The van der Waals surface area contributed by atoms with E-state index >= 15 is 0 Å². The molecular weight excluding hydrogens is 244 g/mol. The summed E-state index contributed by atoms with van der Waals surface area (Å²) in [5, 5.41) is 0. The van der Waals surface area contributed by atoms with Gasteiger partial charge < -0.3 is 16.2 Å². The summed E-state index contributed by atoms with van der Waals surface area (Å²) in [7, 11) is 0. The molecule has 1 aliphatic rings. The van der Waals surface area contributed by atoms with E-state index in [9.17, 15) is 4.79 Å². The highest BCUT2D eigenvalue weighted by Gasteiger charge is 2.24. The van der Waals surface area contributed by atoms with E-state index in [1.165, 1.54) is 0 Å². The van der Waals surface area contributed by atoms with Crippen LogP contribution >= 0.6 is 0 Å². The molecule has 19 heavy (non-hydrogen) atoms. The minimum absolute atomic E-state index is 0.157. The molecule has 0 bridgehead atoms. The molecule has 6 nitrogen and oxygen atoms in total. The Morgan fingerprint density at radius 2 is 2.21 bits per heavy atom. The maximum Gasteiger partial charge on any atom is 0.269 e. The topological polar surface area (TPSA) is 94.5 Å². The number of anilines is 1. The zero-order valence-corrected chi connectivity index (χ0v) is 11.1. The van der Waals surface area contributed by atoms with Gasteiger partial charge in [-0.05, 0) is 18.1 Å². The van der Waals surface area contributed by atoms with Gasteiger partial charge >= 0.3 is 0 Å². The van der Waals surface area contributed by atoms with Crippen molar-refractivity contribution >= 4 is 11.6 Å². The average Bonchev–Trinajstić information content (AvgIpc) is 2.42. The second-order valence-electron chi connectivity index (χ2n) is 4.60. The fourth-order valence-corrected chi connectivity index (χ4v) is 2.54. The maximum atomic E-state index is 11.3. The van der Waals surface area contributed by atoms with Crippen LogP contribution in [0.4, 0.5) is 5.69 Å². The molecule has 1 aromatic heterocycles. The lowest BCUT2D eigenvalue weighted by atomic mass is 10.00. The van der Waals surface area contributed by atoms with Gasteiger partial charge in [0.15, 0.2) is 5.69 Å². The first kappa shape index (κ1) is 13.8. The lowest BCUT2D eigenvalue weighted by Crippen LogP contribution is -2.39. The Bertz CT molecular complexity index is 458. The number of morpholine rings is 1. The predicted molar refractivity (Wildman–Crippen MR) is 72.6 cm³/mol. The summed E-state index contributed by atoms with van der Waals surface area (Å²) < 4.78 is 5.36. The molecule has 0 spiro atoms. The van der Waals surface area contributed by atoms with Gasteiger partial charge in [-0.25, -0.2) is 4.98 Å². The molecule has 1 unspecified atom stereocenters. The Hall–Kier alpha value is -1.66. The Morgan fingerprint density at radius 3 is 2.79 bits per heavy atom. The molecule has 104 valence electrons. The molecular formula is C13H20N4O2. The van der Waals surface area contributed by atoms with E-state index < -0.39 is 5.91 Å². The number of ether oxygens (including phenoxy) is 1. The van der Waals surface area contributed by atoms with E-state index in [1.807, 2.05) is 6.07 Å². The summed E-state index contributed by atoms with van der Waals surface area (Å²) in [6.07, 6.45) is 2.50. The largest absolute Gasteiger partial charge is 0.397 e. The first-order valence-electron chi connectivity index (χ1n) is 6.51. The van der Waals surface area contributed by atoms with Crippen molar-refractivity contribution in [3.63, 3.8) is 0 Å². The van der Waals surface area contributed by atoms with Crippen molar-refractivity contribution in [2.45, 2.75) is 19.4 Å². The molecule has 1 atom stereocenters. The summed E-state index contributed by atoms with van der Waals surface area (Å²) in [5.74, 6) is -0.587. The van der Waals surface area contributed by atoms with Gasteiger partial charge in [-0.3, -0.25) is 9.69 Å². The van der Waals surface area contributed by atoms with Gasteiger partial charge in [0.25, 0.3) is 5.91 Å². The van der Waals surface area contributed by atoms with Crippen molar-refractivity contribution in [2.75, 3.05) is 32.0 Å². The van der Waals surface area contributed by atoms with Gasteiger partial charge in [0.05, 0.1) is 18.9 Å². The van der Waals surface area contributed by atoms with Crippen LogP contribution in [0, 0.1) is 0 Å². The Kier molecular flexibility index (Phi) is 4.34. The summed E-state index contributed by atoms with van der Waals surface area (Å²) in [5.41, 5.74) is 12.8. The van der Waals surface area contributed by atoms with Crippen molar-refractivity contribution in [3.8, 4) is 0 Å². The average molecular weight is 264 g/mol. The van der Waals surface area contributed by atoms with Gasteiger partial charge in [0.1, 0.15) is 0 Å². The maximum absolute atomic E-state index is 11.3. The molecule has 1 aromatic rings. The molecule has 2 heterocycles. The number of hydrogen-bond donors (Lipinski definition) is 2. The molecule has 1 saturated heterocycles. The van der Waals surface area contributed by atoms with Crippen LogP contribution in [0.2, 0.25) is 0 Å². The van der Waals surface area contributed by atoms with Crippen molar-refractivity contribution in [1.82, 2.24) is 9.88 Å². The molecule has 1 fully saturated rings. The zero-order chi connectivity index (χ0) is 13.8. The number of pyridine rings is 1. The lowest BCUT2D eigenvalue weighted by Gasteiger charge is -2.34. The number of carbonyl (C=O) groups is 1. The van der Waals surface area contributed by atoms with E-state index in [2.05, 4.69) is 16.8 Å². The Morgan fingerprint density at radius 1 is 1.53 bits per heavy atom. The first-order chi connectivity index (χ1) is 9.15. The van der Waals surface area contributed by atoms with Crippen molar-refractivity contribution in [1.29, 1.82) is 0 Å². The van der Waals surface area contributed by atoms with E-state index in [1.54, 1.807) is 6.20 Å². The number of nitrogens with zero attached hydrogens (tertiary/aromatic N) is 2. The van der Waals surface area contributed by atoms with Crippen molar-refractivity contribution in [2.24, 2.45) is 5.73 Å². The van der Waals surface area contributed by atoms with E-state index in [4.69, 9.17) is 16.2 Å². The number of primary amides is 1. The predicted octanol–water partition coefficient (Wildman–Crippen LogP) is 0.546. The monoisotopic (exact) mass is 264 g/mol. The van der Waals surface area contributed by atoms with Crippen LogP contribution in [-0.4, -0.2) is 42.1 Å². The summed E-state index contributed by atoms with van der Waals surface area (Å²) in [6, 6.07) is 2.04. The van der Waals surface area contributed by atoms with Crippen LogP contribution in [0.1, 0.15) is 35.4 Å². The molecule has 6 heteroatoms. The minimum atomic E-state index is -0.587. The SMILES string of the molecule is CCC(c1ccnc(C(N)=O)c1N)N1CCOCC1. The molecule has 1 amide bonds. The molecule has 1 aliphatic heterocycles. The van der Waals surface area contributed by atoms with Crippen LogP contribution in [-0.2, 0) is 4.74 Å². The Labute approximate surface area is 112 Å². The molecule has 0 aromatic carbocycles. The number of nitrogen functional groups attached to an aromatic ring is 1. The van der Waals surface area contributed by atoms with Gasteiger partial charge in [-0.15, -0.1) is 0 Å². The van der Waals surface area contributed by atoms with Gasteiger partial charge in [0, 0.05) is 25.3 Å². The number of aromatic nitrogens is 1. The molecule has 2 rings (SSSR count). The van der Waals surface area contributed by atoms with Crippen LogP contribution in [0.15, 0.2) is 12.3 Å². The van der Waals surface area contributed by atoms with Crippen LogP contribution in [0.5, 0.6) is 0 Å². The van der Waals surface area contributed by atoms with Crippen LogP contribution in [0.3, 0.4) is 0 Å². The van der Waals surface area contributed by atoms with Crippen molar-refractivity contribution < 1.29 is 9.53 Å². The highest BCUT2D eigenvalue weighted by molar-refractivity contribution is 5.96. The summed E-state index contributed by atoms with van der Waals surface area (Å²) in [4.78, 5) is 17.6. The normalized spacial score (nSPS) is 18.2. The number of carbonyl (C=O) groups excluding carboxylic acids is 1.